The van der Waals surface area contributed by atoms with E-state index in [9.17, 15) is 5.11 Å². The Hall–Kier alpha value is -1.64. The number of nitrogens with zero attached hydrogens (tertiary/aromatic N) is 2. The summed E-state index contributed by atoms with van der Waals surface area (Å²) in [5.41, 5.74) is 0.701. The Labute approximate surface area is 63.3 Å². The van der Waals surface area contributed by atoms with E-state index in [4.69, 9.17) is 0 Å². The first-order valence-electron chi connectivity index (χ1n) is 3.25. The Morgan fingerprint density at radius 2 is 2.00 bits per heavy atom. The van der Waals surface area contributed by atoms with Crippen LogP contribution >= 0.6 is 0 Å². The molecule has 0 atom stereocenters. The summed E-state index contributed by atoms with van der Waals surface area (Å²) in [4.78, 5) is 7.61. The summed E-state index contributed by atoms with van der Waals surface area (Å²) in [7, 11) is 0. The lowest BCUT2D eigenvalue weighted by Crippen LogP contribution is -1.78. The molecular formula is C8H5N2O. The molecule has 2 aromatic heterocycles. The highest BCUT2D eigenvalue weighted by Gasteiger charge is 1.99. The van der Waals surface area contributed by atoms with Gasteiger partial charge >= 0.3 is 0 Å². The standard InChI is InChI=1S/C8H5N2O/c11-8-6-2-1-4-9-7(6)3-5-10-8/h1-5H. The molecule has 1 radical (unpaired) electrons. The second-order valence-corrected chi connectivity index (χ2v) is 2.19. The fourth-order valence-electron chi connectivity index (χ4n) is 0.976. The highest BCUT2D eigenvalue weighted by molar-refractivity contribution is 5.82. The monoisotopic (exact) mass is 145 g/mol. The van der Waals surface area contributed by atoms with E-state index >= 15 is 0 Å². The highest BCUT2D eigenvalue weighted by Crippen LogP contribution is 2.18. The van der Waals surface area contributed by atoms with Gasteiger partial charge in [0.1, 0.15) is 0 Å². The van der Waals surface area contributed by atoms with E-state index in [-0.39, 0.29) is 5.88 Å². The molecule has 0 bridgehead atoms. The summed E-state index contributed by atoms with van der Waals surface area (Å²) < 4.78 is 0. The second-order valence-electron chi connectivity index (χ2n) is 2.19. The number of fused-ring (bicyclic) bond motifs is 1. The Kier molecular flexibility index (Phi) is 1.22. The van der Waals surface area contributed by atoms with Crippen molar-refractivity contribution in [3.63, 3.8) is 0 Å². The molecule has 2 aromatic rings. The summed E-state index contributed by atoms with van der Waals surface area (Å²) in [6.45, 7) is 0. The zero-order valence-corrected chi connectivity index (χ0v) is 5.69. The van der Waals surface area contributed by atoms with Crippen LogP contribution in [0.5, 0.6) is 5.88 Å². The first kappa shape index (κ1) is 6.09. The lowest BCUT2D eigenvalue weighted by molar-refractivity contribution is 0.343. The van der Waals surface area contributed by atoms with Gasteiger partial charge in [0.25, 0.3) is 5.88 Å². The maximum Gasteiger partial charge on any atom is 0.279 e. The van der Waals surface area contributed by atoms with Crippen molar-refractivity contribution in [3.8, 4) is 5.88 Å². The second kappa shape index (κ2) is 2.20. The predicted molar refractivity (Wildman–Crippen MR) is 39.7 cm³/mol. The third kappa shape index (κ3) is 0.902. The van der Waals surface area contributed by atoms with Crippen molar-refractivity contribution in [2.24, 2.45) is 0 Å². The number of rotatable bonds is 0. The quantitative estimate of drug-likeness (QED) is 0.567. The molecule has 2 heterocycles. The van der Waals surface area contributed by atoms with Gasteiger partial charge in [0.2, 0.25) is 0 Å². The molecule has 0 aliphatic heterocycles. The van der Waals surface area contributed by atoms with Gasteiger partial charge in [-0.25, -0.2) is 4.98 Å². The molecular weight excluding hydrogens is 140 g/mol. The number of hydrogen-bond donors (Lipinski definition) is 0. The fraction of sp³-hybridized carbons (Fsp3) is 0. The van der Waals surface area contributed by atoms with Crippen LogP contribution in [-0.2, 0) is 5.11 Å². The Morgan fingerprint density at radius 3 is 2.82 bits per heavy atom. The molecule has 3 heteroatoms. The van der Waals surface area contributed by atoms with Crippen LogP contribution in [0.2, 0.25) is 0 Å². The Balaban J connectivity index is 2.91. The first-order chi connectivity index (χ1) is 5.38. The van der Waals surface area contributed by atoms with Gasteiger partial charge in [-0.1, -0.05) is 0 Å². The highest BCUT2D eigenvalue weighted by atomic mass is 16.3. The number of pyridine rings is 2. The van der Waals surface area contributed by atoms with Crippen LogP contribution < -0.4 is 0 Å². The smallest absolute Gasteiger partial charge is 0.267 e. The molecule has 0 saturated heterocycles. The normalized spacial score (nSPS) is 10.2. The van der Waals surface area contributed by atoms with Gasteiger partial charge in [-0.2, -0.15) is 0 Å². The van der Waals surface area contributed by atoms with Crippen LogP contribution in [0.25, 0.3) is 10.9 Å². The molecule has 3 nitrogen and oxygen atoms in total. The molecule has 0 fully saturated rings. The van der Waals surface area contributed by atoms with Crippen molar-refractivity contribution in [1.82, 2.24) is 9.97 Å². The van der Waals surface area contributed by atoms with Crippen molar-refractivity contribution in [3.05, 3.63) is 30.6 Å². The fourth-order valence-corrected chi connectivity index (χ4v) is 0.976. The molecule has 0 N–H and O–H groups in total. The van der Waals surface area contributed by atoms with Crippen LogP contribution in [0, 0.1) is 0 Å². The zero-order valence-electron chi connectivity index (χ0n) is 5.69. The molecule has 0 aliphatic rings. The van der Waals surface area contributed by atoms with E-state index in [0.717, 1.165) is 0 Å². The maximum absolute atomic E-state index is 11.0. The van der Waals surface area contributed by atoms with Gasteiger partial charge < -0.3 is 0 Å². The molecule has 0 aromatic carbocycles. The van der Waals surface area contributed by atoms with E-state index in [0.29, 0.717) is 10.9 Å². The van der Waals surface area contributed by atoms with E-state index in [1.54, 1.807) is 24.4 Å². The molecule has 2 rings (SSSR count). The SMILES string of the molecule is [O]c1nccc2ncccc12. The first-order valence-corrected chi connectivity index (χ1v) is 3.25. The van der Waals surface area contributed by atoms with Crippen molar-refractivity contribution >= 4 is 10.9 Å². The van der Waals surface area contributed by atoms with Crippen molar-refractivity contribution in [2.45, 2.75) is 0 Å². The van der Waals surface area contributed by atoms with Crippen LogP contribution in [-0.4, -0.2) is 9.97 Å². The minimum atomic E-state index is -0.212. The van der Waals surface area contributed by atoms with E-state index in [1.807, 2.05) is 0 Å². The lowest BCUT2D eigenvalue weighted by Gasteiger charge is -1.93. The molecule has 0 spiro atoms. The summed E-state index contributed by atoms with van der Waals surface area (Å²) in [6, 6.07) is 5.17. The van der Waals surface area contributed by atoms with Gasteiger partial charge in [-0.15, -0.1) is 0 Å². The summed E-state index contributed by atoms with van der Waals surface area (Å²) in [5.74, 6) is -0.212. The van der Waals surface area contributed by atoms with Crippen LogP contribution in [0.1, 0.15) is 0 Å². The summed E-state index contributed by atoms with van der Waals surface area (Å²) in [6.07, 6.45) is 3.12. The average Bonchev–Trinajstić information content (AvgIpc) is 2.06. The van der Waals surface area contributed by atoms with E-state index in [1.165, 1.54) is 6.20 Å². The minimum absolute atomic E-state index is 0.212. The molecule has 53 valence electrons. The van der Waals surface area contributed by atoms with Gasteiger partial charge in [0.15, 0.2) is 0 Å². The van der Waals surface area contributed by atoms with Crippen LogP contribution in [0.4, 0.5) is 0 Å². The Bertz CT molecular complexity index is 381. The number of aromatic nitrogens is 2. The molecule has 0 saturated carbocycles. The van der Waals surface area contributed by atoms with E-state index in [2.05, 4.69) is 9.97 Å². The van der Waals surface area contributed by atoms with Crippen LogP contribution in [0.15, 0.2) is 30.6 Å². The summed E-state index contributed by atoms with van der Waals surface area (Å²) >= 11 is 0. The van der Waals surface area contributed by atoms with Crippen LogP contribution in [0.3, 0.4) is 0 Å². The van der Waals surface area contributed by atoms with Gasteiger partial charge in [-0.3, -0.25) is 10.1 Å². The number of hydrogen-bond acceptors (Lipinski definition) is 2. The predicted octanol–water partition coefficient (Wildman–Crippen LogP) is 1.77. The molecule has 0 unspecified atom stereocenters. The lowest BCUT2D eigenvalue weighted by atomic mass is 10.3. The third-order valence-electron chi connectivity index (χ3n) is 1.49. The molecule has 0 aliphatic carbocycles. The summed E-state index contributed by atoms with van der Waals surface area (Å²) in [5, 5.41) is 11.6. The topological polar surface area (TPSA) is 45.7 Å². The van der Waals surface area contributed by atoms with Gasteiger partial charge in [0.05, 0.1) is 10.9 Å². The molecule has 0 amide bonds. The van der Waals surface area contributed by atoms with Gasteiger partial charge in [-0.05, 0) is 18.2 Å². The zero-order chi connectivity index (χ0) is 7.68. The Morgan fingerprint density at radius 1 is 1.09 bits per heavy atom. The maximum atomic E-state index is 11.0. The minimum Gasteiger partial charge on any atom is -0.267 e. The average molecular weight is 145 g/mol. The molecule has 11 heavy (non-hydrogen) atoms. The third-order valence-corrected chi connectivity index (χ3v) is 1.49. The van der Waals surface area contributed by atoms with Crippen molar-refractivity contribution < 1.29 is 5.11 Å². The van der Waals surface area contributed by atoms with Crippen molar-refractivity contribution in [2.75, 3.05) is 0 Å². The van der Waals surface area contributed by atoms with E-state index < -0.39 is 0 Å². The van der Waals surface area contributed by atoms with Gasteiger partial charge in [0, 0.05) is 12.4 Å². The van der Waals surface area contributed by atoms with Crippen molar-refractivity contribution in [1.29, 1.82) is 0 Å². The largest absolute Gasteiger partial charge is 0.279 e.